The van der Waals surface area contributed by atoms with Gasteiger partial charge >= 0.3 is 0 Å². The molecule has 0 atom stereocenters. The van der Waals surface area contributed by atoms with Gasteiger partial charge in [-0.05, 0) is 23.6 Å². The lowest BCUT2D eigenvalue weighted by Crippen LogP contribution is -2.08. The van der Waals surface area contributed by atoms with E-state index in [0.717, 1.165) is 9.52 Å². The third-order valence-electron chi connectivity index (χ3n) is 2.68. The predicted octanol–water partition coefficient (Wildman–Crippen LogP) is 3.24. The molecule has 1 aliphatic heterocycles. The van der Waals surface area contributed by atoms with E-state index in [-0.39, 0.29) is 5.82 Å². The highest BCUT2D eigenvalue weighted by Gasteiger charge is 2.09. The van der Waals surface area contributed by atoms with Crippen LogP contribution in [0.15, 0.2) is 24.3 Å². The first-order chi connectivity index (χ1) is 6.36. The van der Waals surface area contributed by atoms with Gasteiger partial charge in [0.15, 0.2) is 0 Å². The molecule has 0 spiro atoms. The summed E-state index contributed by atoms with van der Waals surface area (Å²) in [5.41, 5.74) is 1.32. The quantitative estimate of drug-likeness (QED) is 0.599. The summed E-state index contributed by atoms with van der Waals surface area (Å²) in [4.78, 5) is 0. The van der Waals surface area contributed by atoms with Crippen molar-refractivity contribution >= 4 is 9.52 Å². The van der Waals surface area contributed by atoms with E-state index in [0.29, 0.717) is 5.92 Å². The minimum absolute atomic E-state index is 0.124. The fourth-order valence-electron chi connectivity index (χ4n) is 1.89. The predicted molar refractivity (Wildman–Crippen MR) is 53.7 cm³/mol. The maximum Gasteiger partial charge on any atom is 0.123 e. The van der Waals surface area contributed by atoms with Crippen molar-refractivity contribution in [3.8, 4) is 0 Å². The minimum Gasteiger partial charge on any atom is -0.429 e. The zero-order valence-corrected chi connectivity index (χ0v) is 8.59. The summed E-state index contributed by atoms with van der Waals surface area (Å²) in [7, 11) is 1.16. The average molecular weight is 192 g/mol. The van der Waals surface area contributed by atoms with Gasteiger partial charge in [-0.1, -0.05) is 25.0 Å². The Labute approximate surface area is 81.0 Å². The fraction of sp³-hybridized carbons (Fsp3) is 0.455. The maximum absolute atomic E-state index is 12.7. The summed E-state index contributed by atoms with van der Waals surface area (Å²) in [6.45, 7) is 0. The van der Waals surface area contributed by atoms with Crippen LogP contribution in [-0.2, 0) is 0 Å². The standard InChI is InChI=1S/C11H13FSi/c12-11-3-1-9(2-4-11)10-5-7-13-8-6-10/h1-4,10H,5-8H2/q-1. The largest absolute Gasteiger partial charge is 0.429 e. The van der Waals surface area contributed by atoms with Gasteiger partial charge in [-0.2, -0.15) is 0 Å². The van der Waals surface area contributed by atoms with E-state index in [1.165, 1.54) is 30.5 Å². The van der Waals surface area contributed by atoms with Gasteiger partial charge in [-0.15, -0.1) is 0 Å². The molecule has 0 unspecified atom stereocenters. The summed E-state index contributed by atoms with van der Waals surface area (Å²) in [6, 6.07) is 9.76. The number of hydrogen-bond donors (Lipinski definition) is 0. The maximum atomic E-state index is 12.7. The smallest absolute Gasteiger partial charge is 0.123 e. The van der Waals surface area contributed by atoms with E-state index < -0.39 is 0 Å². The Morgan fingerprint density at radius 1 is 1.08 bits per heavy atom. The molecule has 1 heterocycles. The van der Waals surface area contributed by atoms with Gasteiger partial charge in [-0.25, -0.2) is 16.5 Å². The van der Waals surface area contributed by atoms with Gasteiger partial charge < -0.3 is 9.52 Å². The fourth-order valence-corrected chi connectivity index (χ4v) is 3.25. The second kappa shape index (κ2) is 4.05. The van der Waals surface area contributed by atoms with Crippen LogP contribution in [0, 0.1) is 5.82 Å². The van der Waals surface area contributed by atoms with Crippen LogP contribution in [0.4, 0.5) is 4.39 Å². The molecular formula is C11H13FSi-. The second-order valence-corrected chi connectivity index (χ2v) is 5.08. The van der Waals surface area contributed by atoms with Crippen molar-refractivity contribution < 1.29 is 4.39 Å². The molecule has 1 aromatic carbocycles. The molecule has 0 N–H and O–H groups in total. The van der Waals surface area contributed by atoms with Crippen LogP contribution in [0.3, 0.4) is 0 Å². The molecular weight excluding hydrogens is 179 g/mol. The van der Waals surface area contributed by atoms with Crippen LogP contribution in [0.25, 0.3) is 0 Å². The monoisotopic (exact) mass is 192 g/mol. The van der Waals surface area contributed by atoms with Gasteiger partial charge in [0.1, 0.15) is 5.82 Å². The molecule has 2 heteroatoms. The Kier molecular flexibility index (Phi) is 2.79. The summed E-state index contributed by atoms with van der Waals surface area (Å²) >= 11 is 0. The average Bonchev–Trinajstić information content (AvgIpc) is 2.20. The first-order valence-electron chi connectivity index (χ1n) is 4.82. The molecule has 0 saturated carbocycles. The lowest BCUT2D eigenvalue weighted by Gasteiger charge is -2.30. The minimum atomic E-state index is -0.124. The van der Waals surface area contributed by atoms with Crippen molar-refractivity contribution in [3.05, 3.63) is 35.6 Å². The number of hydrogen-bond acceptors (Lipinski definition) is 0. The summed E-state index contributed by atoms with van der Waals surface area (Å²) in [5.74, 6) is 0.572. The third-order valence-corrected chi connectivity index (χ3v) is 3.97. The zero-order chi connectivity index (χ0) is 9.10. The Bertz CT molecular complexity index is 262. The van der Waals surface area contributed by atoms with Crippen molar-refractivity contribution in [2.75, 3.05) is 0 Å². The number of benzene rings is 1. The first-order valence-corrected chi connectivity index (χ1v) is 6.24. The molecule has 0 aromatic heterocycles. The van der Waals surface area contributed by atoms with Crippen LogP contribution in [-0.4, -0.2) is 9.52 Å². The Hall–Kier alpha value is -0.633. The molecule has 0 bridgehead atoms. The normalized spacial score (nSPS) is 18.8. The van der Waals surface area contributed by atoms with Gasteiger partial charge in [-0.3, -0.25) is 0 Å². The lowest BCUT2D eigenvalue weighted by atomic mass is 9.93. The molecule has 1 aromatic rings. The summed E-state index contributed by atoms with van der Waals surface area (Å²) in [5, 5.41) is 0. The van der Waals surface area contributed by atoms with Crippen LogP contribution >= 0.6 is 0 Å². The molecule has 13 heavy (non-hydrogen) atoms. The molecule has 0 nitrogen and oxygen atoms in total. The molecule has 1 radical (unpaired) electrons. The van der Waals surface area contributed by atoms with Crippen LogP contribution in [0.1, 0.15) is 24.3 Å². The first kappa shape index (κ1) is 8.94. The molecule has 0 aliphatic carbocycles. The third kappa shape index (κ3) is 2.18. The van der Waals surface area contributed by atoms with Gasteiger partial charge in [0.05, 0.1) is 0 Å². The molecule has 1 aliphatic rings. The van der Waals surface area contributed by atoms with Gasteiger partial charge in [0.25, 0.3) is 0 Å². The van der Waals surface area contributed by atoms with Crippen LogP contribution < -0.4 is 0 Å². The SMILES string of the molecule is Fc1ccc(C2CC[Si-]CC2)cc1. The van der Waals surface area contributed by atoms with E-state index >= 15 is 0 Å². The number of halogens is 1. The highest BCUT2D eigenvalue weighted by atomic mass is 28.2. The van der Waals surface area contributed by atoms with E-state index in [9.17, 15) is 4.39 Å². The molecule has 69 valence electrons. The number of rotatable bonds is 1. The van der Waals surface area contributed by atoms with Crippen LogP contribution in [0.5, 0.6) is 0 Å². The summed E-state index contributed by atoms with van der Waals surface area (Å²) < 4.78 is 12.7. The summed E-state index contributed by atoms with van der Waals surface area (Å²) in [6.07, 6.45) is 2.59. The second-order valence-electron chi connectivity index (χ2n) is 3.58. The van der Waals surface area contributed by atoms with E-state index in [1.54, 1.807) is 12.1 Å². The van der Waals surface area contributed by atoms with Gasteiger partial charge in [0, 0.05) is 0 Å². The van der Waals surface area contributed by atoms with E-state index in [4.69, 9.17) is 0 Å². The topological polar surface area (TPSA) is 0 Å². The van der Waals surface area contributed by atoms with E-state index in [2.05, 4.69) is 0 Å². The highest BCUT2D eigenvalue weighted by Crippen LogP contribution is 2.30. The van der Waals surface area contributed by atoms with Crippen molar-refractivity contribution in [2.45, 2.75) is 30.8 Å². The van der Waals surface area contributed by atoms with Crippen molar-refractivity contribution in [3.63, 3.8) is 0 Å². The van der Waals surface area contributed by atoms with Crippen molar-refractivity contribution in [1.82, 2.24) is 0 Å². The zero-order valence-electron chi connectivity index (χ0n) is 7.59. The highest BCUT2D eigenvalue weighted by molar-refractivity contribution is 6.35. The van der Waals surface area contributed by atoms with Crippen molar-refractivity contribution in [1.29, 1.82) is 0 Å². The van der Waals surface area contributed by atoms with Crippen LogP contribution in [0.2, 0.25) is 12.1 Å². The Morgan fingerprint density at radius 2 is 1.69 bits per heavy atom. The lowest BCUT2D eigenvalue weighted by molar-refractivity contribution is 0.604. The molecule has 1 saturated heterocycles. The Balaban J connectivity index is 2.10. The Morgan fingerprint density at radius 3 is 2.31 bits per heavy atom. The van der Waals surface area contributed by atoms with Gasteiger partial charge in [0.2, 0.25) is 0 Å². The van der Waals surface area contributed by atoms with E-state index in [1.807, 2.05) is 12.1 Å². The van der Waals surface area contributed by atoms with Crippen molar-refractivity contribution in [2.24, 2.45) is 0 Å². The molecule has 2 rings (SSSR count). The molecule has 0 amide bonds. The molecule has 1 fully saturated rings.